The van der Waals surface area contributed by atoms with E-state index in [0.717, 1.165) is 44.0 Å². The normalized spacial score (nSPS) is 18.0. The minimum Gasteiger partial charge on any atom is -0.382 e. The zero-order valence-corrected chi connectivity index (χ0v) is 23.7. The summed E-state index contributed by atoms with van der Waals surface area (Å²) in [6.07, 6.45) is 8.16. The summed E-state index contributed by atoms with van der Waals surface area (Å²) in [4.78, 5) is 13.3. The van der Waals surface area contributed by atoms with Gasteiger partial charge in [0.1, 0.15) is 28.7 Å². The van der Waals surface area contributed by atoms with E-state index >= 15 is 4.39 Å². The number of rotatable bonds is 8. The lowest BCUT2D eigenvalue weighted by Gasteiger charge is -2.33. The van der Waals surface area contributed by atoms with Crippen molar-refractivity contribution in [1.82, 2.24) is 24.7 Å². The van der Waals surface area contributed by atoms with Gasteiger partial charge >= 0.3 is 0 Å². The van der Waals surface area contributed by atoms with E-state index in [1.807, 2.05) is 18.2 Å². The van der Waals surface area contributed by atoms with Crippen LogP contribution in [0, 0.1) is 5.82 Å². The van der Waals surface area contributed by atoms with Gasteiger partial charge < -0.3 is 15.8 Å². The lowest BCUT2D eigenvalue weighted by atomic mass is 9.92. The Morgan fingerprint density at radius 3 is 2.61 bits per heavy atom. The van der Waals surface area contributed by atoms with Crippen LogP contribution in [0.5, 0.6) is 0 Å². The molecule has 4 N–H and O–H groups in total. The highest BCUT2D eigenvalue weighted by molar-refractivity contribution is 7.92. The van der Waals surface area contributed by atoms with Crippen molar-refractivity contribution in [1.29, 1.82) is 0 Å². The van der Waals surface area contributed by atoms with E-state index < -0.39 is 15.8 Å². The molecular formula is C29H32FN7O3S. The molecule has 4 aromatic rings. The monoisotopic (exact) mass is 577 g/mol. The number of allylic oxidation sites excluding steroid dienone is 1. The van der Waals surface area contributed by atoms with Crippen LogP contribution < -0.4 is 15.8 Å². The minimum atomic E-state index is -4.06. The molecule has 0 unspecified atom stereocenters. The standard InChI is InChI=1S/C29H32FN7O3S/c1-17(2)29-35-26(19-8-11-23(22(30)13-19)36-41(38,39)25-5-3-4-12-32-25)27-28(31)33-14-24(37(27)29)18-6-9-20(10-7-18)34-21-15-40-16-21/h3-6,8,11-14,17,20-21,34,36H,7,9-10,15-16H2,1-2H3,(H2,31,33)/t20-/m1/s1. The summed E-state index contributed by atoms with van der Waals surface area (Å²) in [7, 11) is -4.06. The predicted molar refractivity (Wildman–Crippen MR) is 155 cm³/mol. The van der Waals surface area contributed by atoms with Gasteiger partial charge in [-0.05, 0) is 49.1 Å². The molecule has 0 saturated carbocycles. The number of ether oxygens (including phenoxy) is 1. The van der Waals surface area contributed by atoms with Crippen LogP contribution in [0.3, 0.4) is 0 Å². The third kappa shape index (κ3) is 5.30. The Hall–Kier alpha value is -3.87. The number of hydrogen-bond acceptors (Lipinski definition) is 8. The SMILES string of the molecule is CC(C)c1nc(-c2ccc(NS(=O)(=O)c3ccccn3)c(F)c2)c2c(N)ncc(C3=CC[C@@H](NC4COC4)CC3)n12. The Morgan fingerprint density at radius 2 is 1.98 bits per heavy atom. The molecule has 10 nitrogen and oxygen atoms in total. The highest BCUT2D eigenvalue weighted by Crippen LogP contribution is 2.36. The molecule has 214 valence electrons. The second kappa shape index (κ2) is 10.8. The number of nitrogens with one attached hydrogen (secondary N) is 2. The fourth-order valence-corrected chi connectivity index (χ4v) is 6.33. The van der Waals surface area contributed by atoms with Crippen LogP contribution in [-0.2, 0) is 14.8 Å². The maximum Gasteiger partial charge on any atom is 0.279 e. The van der Waals surface area contributed by atoms with Gasteiger partial charge in [-0.1, -0.05) is 32.1 Å². The second-order valence-electron chi connectivity index (χ2n) is 10.8. The Bertz CT molecular complexity index is 1730. The largest absolute Gasteiger partial charge is 0.382 e. The van der Waals surface area contributed by atoms with Gasteiger partial charge in [-0.3, -0.25) is 9.12 Å². The van der Waals surface area contributed by atoms with Crippen LogP contribution in [0.25, 0.3) is 22.3 Å². The zero-order chi connectivity index (χ0) is 28.7. The lowest BCUT2D eigenvalue weighted by Crippen LogP contribution is -2.50. The predicted octanol–water partition coefficient (Wildman–Crippen LogP) is 4.36. The molecule has 1 aliphatic heterocycles. The van der Waals surface area contributed by atoms with Gasteiger partial charge in [0.2, 0.25) is 0 Å². The summed E-state index contributed by atoms with van der Waals surface area (Å²) in [5, 5.41) is 3.45. The highest BCUT2D eigenvalue weighted by Gasteiger charge is 2.27. The molecule has 12 heteroatoms. The summed E-state index contributed by atoms with van der Waals surface area (Å²) in [5.41, 5.74) is 9.85. The first-order chi connectivity index (χ1) is 19.7. The van der Waals surface area contributed by atoms with E-state index in [9.17, 15) is 8.42 Å². The number of pyridine rings is 1. The van der Waals surface area contributed by atoms with Gasteiger partial charge in [0, 0.05) is 23.7 Å². The van der Waals surface area contributed by atoms with E-state index in [2.05, 4.69) is 26.1 Å². The van der Waals surface area contributed by atoms with Crippen molar-refractivity contribution in [3.05, 3.63) is 72.2 Å². The van der Waals surface area contributed by atoms with Gasteiger partial charge in [0.25, 0.3) is 10.0 Å². The van der Waals surface area contributed by atoms with E-state index in [1.165, 1.54) is 30.0 Å². The molecule has 0 bridgehead atoms. The Kier molecular flexibility index (Phi) is 7.22. The summed E-state index contributed by atoms with van der Waals surface area (Å²) in [6.45, 7) is 5.63. The van der Waals surface area contributed by atoms with Crippen LogP contribution in [0.2, 0.25) is 0 Å². The first kappa shape index (κ1) is 27.3. The fourth-order valence-electron chi connectivity index (χ4n) is 5.31. The van der Waals surface area contributed by atoms with Gasteiger partial charge in [-0.2, -0.15) is 8.42 Å². The molecule has 0 amide bonds. The summed E-state index contributed by atoms with van der Waals surface area (Å²) in [5.74, 6) is 0.363. The van der Waals surface area contributed by atoms with E-state index in [4.69, 9.17) is 15.5 Å². The lowest BCUT2D eigenvalue weighted by molar-refractivity contribution is -0.0103. The van der Waals surface area contributed by atoms with Crippen LogP contribution in [0.15, 0.2) is 59.9 Å². The van der Waals surface area contributed by atoms with E-state index in [1.54, 1.807) is 24.4 Å². The second-order valence-corrected chi connectivity index (χ2v) is 12.4. The number of benzene rings is 1. The third-order valence-electron chi connectivity index (χ3n) is 7.48. The first-order valence-electron chi connectivity index (χ1n) is 13.6. The molecular weight excluding hydrogens is 545 g/mol. The molecule has 1 saturated heterocycles. The Labute approximate surface area is 237 Å². The van der Waals surface area contributed by atoms with Crippen LogP contribution in [0.4, 0.5) is 15.9 Å². The molecule has 4 heterocycles. The van der Waals surface area contributed by atoms with E-state index in [0.29, 0.717) is 28.9 Å². The third-order valence-corrected chi connectivity index (χ3v) is 8.76. The van der Waals surface area contributed by atoms with Crippen molar-refractivity contribution in [2.24, 2.45) is 0 Å². The van der Waals surface area contributed by atoms with Crippen molar-refractivity contribution in [3.8, 4) is 11.3 Å². The fraction of sp³-hybridized carbons (Fsp3) is 0.345. The topological polar surface area (TPSA) is 137 Å². The molecule has 2 aliphatic rings. The molecule has 1 aliphatic carbocycles. The molecule has 0 radical (unpaired) electrons. The number of anilines is 2. The molecule has 1 fully saturated rings. The van der Waals surface area contributed by atoms with Crippen molar-refractivity contribution >= 4 is 32.6 Å². The smallest absolute Gasteiger partial charge is 0.279 e. The minimum absolute atomic E-state index is 0.0447. The van der Waals surface area contributed by atoms with Gasteiger partial charge in [0.05, 0.1) is 36.8 Å². The Balaban J connectivity index is 1.36. The maximum absolute atomic E-state index is 15.3. The maximum atomic E-state index is 15.3. The first-order valence-corrected chi connectivity index (χ1v) is 15.1. The van der Waals surface area contributed by atoms with Gasteiger partial charge in [-0.25, -0.2) is 19.3 Å². The number of nitrogens with zero attached hydrogens (tertiary/aromatic N) is 4. The number of halogens is 1. The van der Waals surface area contributed by atoms with Gasteiger partial charge in [0.15, 0.2) is 5.03 Å². The number of nitrogens with two attached hydrogens (primary N) is 1. The van der Waals surface area contributed by atoms with Crippen LogP contribution in [0.1, 0.15) is 50.5 Å². The molecule has 1 atom stereocenters. The molecule has 1 aromatic carbocycles. The summed E-state index contributed by atoms with van der Waals surface area (Å²) >= 11 is 0. The summed E-state index contributed by atoms with van der Waals surface area (Å²) in [6, 6.07) is 9.59. The molecule has 3 aromatic heterocycles. The number of aromatic nitrogens is 4. The quantitative estimate of drug-likeness (QED) is 0.281. The number of imidazole rings is 1. The Morgan fingerprint density at radius 1 is 1.15 bits per heavy atom. The summed E-state index contributed by atoms with van der Waals surface area (Å²) < 4.78 is 50.3. The van der Waals surface area contributed by atoms with Crippen molar-refractivity contribution in [2.45, 2.75) is 56.1 Å². The van der Waals surface area contributed by atoms with Crippen LogP contribution >= 0.6 is 0 Å². The average Bonchev–Trinajstić information content (AvgIpc) is 3.35. The van der Waals surface area contributed by atoms with Crippen molar-refractivity contribution < 1.29 is 17.5 Å². The van der Waals surface area contributed by atoms with Gasteiger partial charge in [-0.15, -0.1) is 0 Å². The molecule has 6 rings (SSSR count). The van der Waals surface area contributed by atoms with Crippen molar-refractivity contribution in [3.63, 3.8) is 0 Å². The molecule has 0 spiro atoms. The zero-order valence-electron chi connectivity index (χ0n) is 22.8. The van der Waals surface area contributed by atoms with E-state index in [-0.39, 0.29) is 22.4 Å². The number of nitrogen functional groups attached to an aromatic ring is 1. The number of fused-ring (bicyclic) bond motifs is 1. The highest BCUT2D eigenvalue weighted by atomic mass is 32.2. The average molecular weight is 578 g/mol. The van der Waals surface area contributed by atoms with Crippen LogP contribution in [-0.4, -0.2) is 53.1 Å². The van der Waals surface area contributed by atoms with Crippen molar-refractivity contribution in [2.75, 3.05) is 23.7 Å². The number of hydrogen-bond donors (Lipinski definition) is 3. The molecule has 41 heavy (non-hydrogen) atoms. The number of sulfonamides is 1.